The number of aromatic nitrogens is 1. The van der Waals surface area contributed by atoms with E-state index in [9.17, 15) is 0 Å². The Kier molecular flexibility index (Phi) is 4.98. The van der Waals surface area contributed by atoms with Gasteiger partial charge < -0.3 is 15.8 Å². The lowest BCUT2D eigenvalue weighted by Gasteiger charge is -2.25. The number of hydrogen-bond donors (Lipinski definition) is 2. The molecule has 5 nitrogen and oxygen atoms in total. The molecule has 1 heterocycles. The number of pyridine rings is 1. The summed E-state index contributed by atoms with van der Waals surface area (Å²) in [7, 11) is 0. The van der Waals surface area contributed by atoms with Crippen LogP contribution >= 0.6 is 0 Å². The summed E-state index contributed by atoms with van der Waals surface area (Å²) in [5, 5.41) is 3.00. The van der Waals surface area contributed by atoms with E-state index in [0.717, 1.165) is 24.0 Å². The molecule has 3 N–H and O–H groups in total. The van der Waals surface area contributed by atoms with Crippen LogP contribution in [0.2, 0.25) is 0 Å². The van der Waals surface area contributed by atoms with Crippen LogP contribution in [0.4, 0.5) is 0 Å². The largest absolute Gasteiger partial charge is 0.474 e. The number of rotatable bonds is 6. The molecule has 0 bridgehead atoms. The normalized spacial score (nSPS) is 15.6. The second-order valence-electron chi connectivity index (χ2n) is 5.19. The predicted molar refractivity (Wildman–Crippen MR) is 80.6 cm³/mol. The van der Waals surface area contributed by atoms with Crippen molar-refractivity contribution < 1.29 is 4.74 Å². The van der Waals surface area contributed by atoms with Crippen molar-refractivity contribution in [1.82, 2.24) is 10.3 Å². The summed E-state index contributed by atoms with van der Waals surface area (Å²) in [6.45, 7) is 6.89. The van der Waals surface area contributed by atoms with Crippen LogP contribution in [-0.2, 0) is 6.54 Å². The fourth-order valence-corrected chi connectivity index (χ4v) is 1.75. The molecule has 1 fully saturated rings. The molecule has 1 saturated carbocycles. The lowest BCUT2D eigenvalue weighted by Crippen LogP contribution is -2.32. The summed E-state index contributed by atoms with van der Waals surface area (Å²) >= 11 is 0. The second-order valence-corrected chi connectivity index (χ2v) is 5.19. The molecule has 0 aromatic carbocycles. The highest BCUT2D eigenvalue weighted by Crippen LogP contribution is 2.24. The number of nitrogens with two attached hydrogens (primary N) is 1. The molecule has 2 rings (SSSR count). The molecule has 0 radical (unpaired) electrons. The van der Waals surface area contributed by atoms with Crippen LogP contribution < -0.4 is 15.8 Å². The van der Waals surface area contributed by atoms with Gasteiger partial charge >= 0.3 is 0 Å². The average Bonchev–Trinajstić information content (AvgIpc) is 2.39. The first kappa shape index (κ1) is 14.4. The first-order chi connectivity index (χ1) is 9.63. The fraction of sp³-hybridized carbons (Fsp3) is 0.467. The minimum Gasteiger partial charge on any atom is -0.474 e. The molecule has 1 aliphatic rings. The van der Waals surface area contributed by atoms with Crippen molar-refractivity contribution in [1.29, 1.82) is 0 Å². The van der Waals surface area contributed by atoms with Crippen molar-refractivity contribution >= 4 is 5.96 Å². The van der Waals surface area contributed by atoms with Gasteiger partial charge in [-0.15, -0.1) is 0 Å². The average molecular weight is 274 g/mol. The van der Waals surface area contributed by atoms with E-state index in [0.29, 0.717) is 31.0 Å². The van der Waals surface area contributed by atoms with Crippen LogP contribution in [-0.4, -0.2) is 23.6 Å². The van der Waals surface area contributed by atoms with E-state index < -0.39 is 0 Å². The Morgan fingerprint density at radius 3 is 3.05 bits per heavy atom. The minimum atomic E-state index is 0.337. The molecule has 1 aromatic heterocycles. The van der Waals surface area contributed by atoms with E-state index in [1.807, 2.05) is 19.1 Å². The zero-order chi connectivity index (χ0) is 14.4. The van der Waals surface area contributed by atoms with Gasteiger partial charge in [0.1, 0.15) is 6.10 Å². The smallest absolute Gasteiger partial charge is 0.213 e. The molecule has 0 atom stereocenters. The molecule has 1 aliphatic carbocycles. The standard InChI is InChI=1S/C15H22N4O/c1-11(2)9-18-15(16)19-10-12-6-7-17-14(8-12)20-13-4-3-5-13/h6-8,13H,1,3-5,9-10H2,2H3,(H3,16,18,19). The highest BCUT2D eigenvalue weighted by molar-refractivity contribution is 5.78. The van der Waals surface area contributed by atoms with E-state index >= 15 is 0 Å². The fourth-order valence-electron chi connectivity index (χ4n) is 1.75. The van der Waals surface area contributed by atoms with Crippen LogP contribution in [0.5, 0.6) is 5.88 Å². The van der Waals surface area contributed by atoms with Gasteiger partial charge in [-0.1, -0.05) is 12.2 Å². The maximum absolute atomic E-state index is 5.77. The van der Waals surface area contributed by atoms with Crippen LogP contribution in [0.25, 0.3) is 0 Å². The van der Waals surface area contributed by atoms with Gasteiger partial charge in [0.25, 0.3) is 0 Å². The van der Waals surface area contributed by atoms with Crippen molar-refractivity contribution in [3.05, 3.63) is 36.0 Å². The number of guanidine groups is 1. The molecular formula is C15H22N4O. The summed E-state index contributed by atoms with van der Waals surface area (Å²) in [4.78, 5) is 8.50. The Balaban J connectivity index is 1.86. The summed E-state index contributed by atoms with van der Waals surface area (Å²) in [6, 6.07) is 3.84. The summed E-state index contributed by atoms with van der Waals surface area (Å²) in [6.07, 6.45) is 5.59. The molecule has 1 aromatic rings. The van der Waals surface area contributed by atoms with Crippen molar-refractivity contribution in [2.45, 2.75) is 38.8 Å². The van der Waals surface area contributed by atoms with Crippen molar-refractivity contribution in [2.24, 2.45) is 10.7 Å². The van der Waals surface area contributed by atoms with E-state index in [-0.39, 0.29) is 0 Å². The van der Waals surface area contributed by atoms with Gasteiger partial charge in [-0.25, -0.2) is 9.98 Å². The predicted octanol–water partition coefficient (Wildman–Crippen LogP) is 1.99. The van der Waals surface area contributed by atoms with E-state index in [1.54, 1.807) is 6.20 Å². The molecule has 0 saturated heterocycles. The SMILES string of the molecule is C=C(C)CNC(N)=NCc1ccnc(OC2CCC2)c1. The quantitative estimate of drug-likeness (QED) is 0.473. The number of aliphatic imine (C=N–C) groups is 1. The molecule has 108 valence electrons. The Morgan fingerprint density at radius 1 is 1.60 bits per heavy atom. The maximum Gasteiger partial charge on any atom is 0.213 e. The van der Waals surface area contributed by atoms with Gasteiger partial charge in [0.2, 0.25) is 5.88 Å². The number of ether oxygens (including phenoxy) is 1. The van der Waals surface area contributed by atoms with Crippen molar-refractivity contribution in [3.8, 4) is 5.88 Å². The lowest BCUT2D eigenvalue weighted by atomic mass is 9.96. The highest BCUT2D eigenvalue weighted by Gasteiger charge is 2.19. The van der Waals surface area contributed by atoms with Gasteiger partial charge in [-0.05, 0) is 37.8 Å². The minimum absolute atomic E-state index is 0.337. The molecule has 0 amide bonds. The Hall–Kier alpha value is -2.04. The third-order valence-electron chi connectivity index (χ3n) is 3.14. The van der Waals surface area contributed by atoms with Gasteiger partial charge in [0.15, 0.2) is 5.96 Å². The maximum atomic E-state index is 5.77. The van der Waals surface area contributed by atoms with E-state index in [4.69, 9.17) is 10.5 Å². The molecule has 0 aliphatic heterocycles. The lowest BCUT2D eigenvalue weighted by molar-refractivity contribution is 0.114. The summed E-state index contributed by atoms with van der Waals surface area (Å²) in [5.41, 5.74) is 7.82. The number of nitrogens with one attached hydrogen (secondary N) is 1. The monoisotopic (exact) mass is 274 g/mol. The Bertz CT molecular complexity index is 494. The Labute approximate surface area is 120 Å². The topological polar surface area (TPSA) is 72.5 Å². The first-order valence-corrected chi connectivity index (χ1v) is 6.93. The highest BCUT2D eigenvalue weighted by atomic mass is 16.5. The first-order valence-electron chi connectivity index (χ1n) is 6.93. The zero-order valence-electron chi connectivity index (χ0n) is 11.9. The number of nitrogens with zero attached hydrogens (tertiary/aromatic N) is 2. The van der Waals surface area contributed by atoms with Crippen molar-refractivity contribution in [3.63, 3.8) is 0 Å². The van der Waals surface area contributed by atoms with Gasteiger partial charge in [0, 0.05) is 18.8 Å². The summed E-state index contributed by atoms with van der Waals surface area (Å²) in [5.74, 6) is 1.10. The summed E-state index contributed by atoms with van der Waals surface area (Å²) < 4.78 is 5.76. The van der Waals surface area contributed by atoms with E-state index in [2.05, 4.69) is 21.9 Å². The van der Waals surface area contributed by atoms with Crippen LogP contribution in [0.3, 0.4) is 0 Å². The molecular weight excluding hydrogens is 252 g/mol. The molecule has 0 unspecified atom stereocenters. The van der Waals surface area contributed by atoms with E-state index in [1.165, 1.54) is 6.42 Å². The van der Waals surface area contributed by atoms with Crippen LogP contribution in [0.15, 0.2) is 35.5 Å². The molecule has 0 spiro atoms. The third kappa shape index (κ3) is 4.57. The second kappa shape index (κ2) is 6.93. The zero-order valence-corrected chi connectivity index (χ0v) is 11.9. The molecule has 20 heavy (non-hydrogen) atoms. The van der Waals surface area contributed by atoms with Crippen molar-refractivity contribution in [2.75, 3.05) is 6.54 Å². The van der Waals surface area contributed by atoms with Crippen LogP contribution in [0.1, 0.15) is 31.7 Å². The number of hydrogen-bond acceptors (Lipinski definition) is 3. The van der Waals surface area contributed by atoms with Crippen LogP contribution in [0, 0.1) is 0 Å². The Morgan fingerprint density at radius 2 is 2.40 bits per heavy atom. The van der Waals surface area contributed by atoms with Gasteiger partial charge in [-0.2, -0.15) is 0 Å². The molecule has 5 heteroatoms. The third-order valence-corrected chi connectivity index (χ3v) is 3.14. The van der Waals surface area contributed by atoms with Gasteiger partial charge in [0.05, 0.1) is 6.54 Å². The van der Waals surface area contributed by atoms with Gasteiger partial charge in [-0.3, -0.25) is 0 Å².